The summed E-state index contributed by atoms with van der Waals surface area (Å²) in [6.45, 7) is 6.21. The van der Waals surface area contributed by atoms with Gasteiger partial charge in [-0.15, -0.1) is 0 Å². The van der Waals surface area contributed by atoms with Gasteiger partial charge in [-0.3, -0.25) is 0 Å². The minimum atomic E-state index is -0.129. The Morgan fingerprint density at radius 2 is 2.11 bits per heavy atom. The highest BCUT2D eigenvalue weighted by Crippen LogP contribution is 2.41. The zero-order valence-electron chi connectivity index (χ0n) is 11.7. The number of ether oxygens (including phenoxy) is 1. The van der Waals surface area contributed by atoms with E-state index >= 15 is 0 Å². The highest BCUT2D eigenvalue weighted by Gasteiger charge is 2.36. The third-order valence-corrected chi connectivity index (χ3v) is 4.18. The number of fused-ring (bicyclic) bond motifs is 1. The quantitative estimate of drug-likeness (QED) is 0.898. The number of anilines is 1. The van der Waals surface area contributed by atoms with Crippen LogP contribution < -0.4 is 9.64 Å². The Balaban J connectivity index is 2.34. The maximum Gasteiger partial charge on any atom is 0.143 e. The molecule has 0 saturated carbocycles. The molecule has 0 spiro atoms. The van der Waals surface area contributed by atoms with E-state index in [1.807, 2.05) is 18.2 Å². The predicted octanol–water partition coefficient (Wildman–Crippen LogP) is 3.48. The fourth-order valence-electron chi connectivity index (χ4n) is 2.60. The predicted molar refractivity (Wildman–Crippen MR) is 79.3 cm³/mol. The number of aliphatic hydroxyl groups excluding tert-OH is 1. The first kappa shape index (κ1) is 14.5. The molecule has 0 saturated heterocycles. The monoisotopic (exact) mass is 283 g/mol. The van der Waals surface area contributed by atoms with Gasteiger partial charge in [0.25, 0.3) is 0 Å². The number of benzene rings is 1. The second-order valence-corrected chi connectivity index (χ2v) is 5.54. The summed E-state index contributed by atoms with van der Waals surface area (Å²) in [5.41, 5.74) is 0.912. The molecule has 0 atom stereocenters. The summed E-state index contributed by atoms with van der Waals surface area (Å²) in [5, 5.41) is 9.78. The number of halogens is 1. The molecule has 106 valence electrons. The summed E-state index contributed by atoms with van der Waals surface area (Å²) < 4.78 is 6.22. The summed E-state index contributed by atoms with van der Waals surface area (Å²) in [7, 11) is 0. The molecule has 4 heteroatoms. The first-order chi connectivity index (χ1) is 9.14. The summed E-state index contributed by atoms with van der Waals surface area (Å²) >= 11 is 6.08. The average molecular weight is 284 g/mol. The van der Waals surface area contributed by atoms with Gasteiger partial charge in [0.1, 0.15) is 11.4 Å². The van der Waals surface area contributed by atoms with E-state index in [1.54, 1.807) is 0 Å². The van der Waals surface area contributed by atoms with Crippen molar-refractivity contribution in [2.75, 3.05) is 24.6 Å². The van der Waals surface area contributed by atoms with Gasteiger partial charge >= 0.3 is 0 Å². The van der Waals surface area contributed by atoms with Crippen LogP contribution in [0.2, 0.25) is 5.02 Å². The third-order valence-electron chi connectivity index (χ3n) is 3.94. The van der Waals surface area contributed by atoms with Gasteiger partial charge in [0, 0.05) is 18.2 Å². The van der Waals surface area contributed by atoms with Crippen molar-refractivity contribution < 1.29 is 9.84 Å². The van der Waals surface area contributed by atoms with Crippen molar-refractivity contribution in [3.8, 4) is 5.75 Å². The van der Waals surface area contributed by atoms with Crippen LogP contribution in [-0.4, -0.2) is 30.4 Å². The van der Waals surface area contributed by atoms with Gasteiger partial charge in [-0.1, -0.05) is 25.4 Å². The third kappa shape index (κ3) is 2.98. The van der Waals surface area contributed by atoms with E-state index in [0.717, 1.165) is 48.8 Å². The molecule has 0 radical (unpaired) electrons. The van der Waals surface area contributed by atoms with E-state index in [-0.39, 0.29) is 12.2 Å². The molecule has 1 N–H and O–H groups in total. The minimum Gasteiger partial charge on any atom is -0.483 e. The lowest BCUT2D eigenvalue weighted by molar-refractivity contribution is 0.0571. The zero-order chi connectivity index (χ0) is 13.9. The molecular weight excluding hydrogens is 262 g/mol. The molecule has 1 aliphatic heterocycles. The van der Waals surface area contributed by atoms with Crippen molar-refractivity contribution in [3.63, 3.8) is 0 Å². The second-order valence-electron chi connectivity index (χ2n) is 5.10. The largest absolute Gasteiger partial charge is 0.483 e. The van der Waals surface area contributed by atoms with Crippen LogP contribution in [0.3, 0.4) is 0 Å². The molecule has 1 aromatic carbocycles. The van der Waals surface area contributed by atoms with Gasteiger partial charge in [0.2, 0.25) is 0 Å². The van der Waals surface area contributed by atoms with Gasteiger partial charge < -0.3 is 14.7 Å². The van der Waals surface area contributed by atoms with E-state index in [0.29, 0.717) is 0 Å². The molecule has 0 unspecified atom stereocenters. The van der Waals surface area contributed by atoms with Crippen molar-refractivity contribution >= 4 is 17.3 Å². The van der Waals surface area contributed by atoms with Gasteiger partial charge in [-0.2, -0.15) is 0 Å². The van der Waals surface area contributed by atoms with Crippen LogP contribution in [-0.2, 0) is 0 Å². The summed E-state index contributed by atoms with van der Waals surface area (Å²) in [6.07, 6.45) is 2.71. The summed E-state index contributed by atoms with van der Waals surface area (Å²) in [6, 6.07) is 5.76. The summed E-state index contributed by atoms with van der Waals surface area (Å²) in [5.74, 6) is 0.900. The van der Waals surface area contributed by atoms with Crippen LogP contribution in [0.1, 0.15) is 33.1 Å². The van der Waals surface area contributed by atoms with Crippen molar-refractivity contribution in [1.29, 1.82) is 0 Å². The smallest absolute Gasteiger partial charge is 0.143 e. The van der Waals surface area contributed by atoms with Crippen molar-refractivity contribution in [2.24, 2.45) is 0 Å². The normalized spacial score (nSPS) is 16.9. The van der Waals surface area contributed by atoms with Gasteiger partial charge in [0.15, 0.2) is 0 Å². The number of rotatable bonds is 5. The minimum absolute atomic E-state index is 0.129. The van der Waals surface area contributed by atoms with Gasteiger partial charge in [0.05, 0.1) is 12.2 Å². The number of hydrogen-bond acceptors (Lipinski definition) is 3. The van der Waals surface area contributed by atoms with Crippen LogP contribution in [0, 0.1) is 0 Å². The molecule has 1 aromatic rings. The Labute approximate surface area is 120 Å². The van der Waals surface area contributed by atoms with E-state index in [2.05, 4.69) is 18.7 Å². The molecule has 19 heavy (non-hydrogen) atoms. The molecule has 0 aromatic heterocycles. The SMILES string of the molecule is CCC1(CC)CN(CCCO)c2cc(Cl)ccc2O1. The lowest BCUT2D eigenvalue weighted by atomic mass is 9.94. The first-order valence-corrected chi connectivity index (χ1v) is 7.36. The van der Waals surface area contributed by atoms with Crippen LogP contribution in [0.4, 0.5) is 5.69 Å². The summed E-state index contributed by atoms with van der Waals surface area (Å²) in [4.78, 5) is 2.29. The lowest BCUT2D eigenvalue weighted by Gasteiger charge is -2.44. The van der Waals surface area contributed by atoms with E-state index < -0.39 is 0 Å². The number of hydrogen-bond donors (Lipinski definition) is 1. The van der Waals surface area contributed by atoms with Gasteiger partial charge in [-0.25, -0.2) is 0 Å². The van der Waals surface area contributed by atoms with Crippen molar-refractivity contribution in [1.82, 2.24) is 0 Å². The van der Waals surface area contributed by atoms with Crippen LogP contribution in [0.15, 0.2) is 18.2 Å². The maximum atomic E-state index is 9.06. The highest BCUT2D eigenvalue weighted by molar-refractivity contribution is 6.30. The van der Waals surface area contributed by atoms with E-state index in [1.165, 1.54) is 0 Å². The second kappa shape index (κ2) is 6.02. The Morgan fingerprint density at radius 3 is 2.74 bits per heavy atom. The molecule has 3 nitrogen and oxygen atoms in total. The van der Waals surface area contributed by atoms with E-state index in [9.17, 15) is 0 Å². The number of nitrogens with zero attached hydrogens (tertiary/aromatic N) is 1. The molecule has 2 rings (SSSR count). The fraction of sp³-hybridized carbons (Fsp3) is 0.600. The van der Waals surface area contributed by atoms with Gasteiger partial charge in [-0.05, 0) is 37.5 Å². The Bertz CT molecular complexity index is 432. The molecule has 0 fully saturated rings. The Kier molecular flexibility index (Phi) is 4.58. The maximum absolute atomic E-state index is 9.06. The molecule has 0 amide bonds. The Hall–Kier alpha value is -0.930. The van der Waals surface area contributed by atoms with Crippen molar-refractivity contribution in [2.45, 2.75) is 38.7 Å². The van der Waals surface area contributed by atoms with Crippen molar-refractivity contribution in [3.05, 3.63) is 23.2 Å². The molecule has 0 bridgehead atoms. The molecule has 1 aliphatic rings. The highest BCUT2D eigenvalue weighted by atomic mass is 35.5. The molecule has 0 aliphatic carbocycles. The van der Waals surface area contributed by atoms with Crippen LogP contribution in [0.5, 0.6) is 5.75 Å². The van der Waals surface area contributed by atoms with Crippen LogP contribution in [0.25, 0.3) is 0 Å². The Morgan fingerprint density at radius 1 is 1.37 bits per heavy atom. The molecule has 1 heterocycles. The molecular formula is C15H22ClNO2. The fourth-order valence-corrected chi connectivity index (χ4v) is 2.77. The first-order valence-electron chi connectivity index (χ1n) is 6.98. The topological polar surface area (TPSA) is 32.7 Å². The average Bonchev–Trinajstić information content (AvgIpc) is 2.44. The number of aliphatic hydroxyl groups is 1. The standard InChI is InChI=1S/C15H22ClNO2/c1-3-15(4-2)11-17(8-5-9-18)13-10-12(16)6-7-14(13)19-15/h6-7,10,18H,3-5,8-9,11H2,1-2H3. The van der Waals surface area contributed by atoms with E-state index in [4.69, 9.17) is 21.4 Å². The zero-order valence-corrected chi connectivity index (χ0v) is 12.4. The van der Waals surface area contributed by atoms with Crippen LogP contribution >= 0.6 is 11.6 Å². The lowest BCUT2D eigenvalue weighted by Crippen LogP contribution is -2.50.